The second-order valence-electron chi connectivity index (χ2n) is 1.71. The zero-order valence-electron chi connectivity index (χ0n) is 5.59. The number of alkyl halides is 4. The molecular formula is C3H5F4LiO4S. The van der Waals surface area contributed by atoms with Crippen molar-refractivity contribution in [2.45, 2.75) is 11.4 Å². The van der Waals surface area contributed by atoms with Crippen molar-refractivity contribution in [1.29, 1.82) is 0 Å². The molecular weight excluding hydrogens is 215 g/mol. The van der Waals surface area contributed by atoms with Gasteiger partial charge in [-0.2, -0.15) is 26.0 Å². The number of rotatable bonds is 3. The maximum atomic E-state index is 12.0. The average molecular weight is 220 g/mol. The molecule has 13 heavy (non-hydrogen) atoms. The molecule has 0 fully saturated rings. The third kappa shape index (κ3) is 2.82. The van der Waals surface area contributed by atoms with Crippen LogP contribution in [0.4, 0.5) is 17.6 Å². The van der Waals surface area contributed by atoms with Crippen LogP contribution < -0.4 is 0 Å². The van der Waals surface area contributed by atoms with Gasteiger partial charge in [-0.05, 0) is 0 Å². The van der Waals surface area contributed by atoms with Crippen molar-refractivity contribution in [2.75, 3.05) is 7.11 Å². The van der Waals surface area contributed by atoms with Gasteiger partial charge in [0.2, 0.25) is 0 Å². The monoisotopic (exact) mass is 220 g/mol. The van der Waals surface area contributed by atoms with Gasteiger partial charge in [-0.25, -0.2) is 0 Å². The van der Waals surface area contributed by atoms with Crippen molar-refractivity contribution in [2.24, 2.45) is 0 Å². The van der Waals surface area contributed by atoms with E-state index >= 15 is 0 Å². The van der Waals surface area contributed by atoms with Crippen molar-refractivity contribution in [3.63, 3.8) is 0 Å². The topological polar surface area (TPSA) is 63.6 Å². The van der Waals surface area contributed by atoms with Crippen molar-refractivity contribution >= 4 is 29.0 Å². The normalized spacial score (nSPS) is 13.7. The second-order valence-corrected chi connectivity index (χ2v) is 3.18. The van der Waals surface area contributed by atoms with Crippen LogP contribution in [0.15, 0.2) is 0 Å². The standard InChI is InChI=1S/C3H4F4O4S.Li.H/c1-11-2(4,5)3(6,7)12(8,9)10;;/h1H3,(H,8,9,10);;. The van der Waals surface area contributed by atoms with Crippen LogP contribution in [0.5, 0.6) is 0 Å². The molecule has 0 bridgehead atoms. The van der Waals surface area contributed by atoms with Crippen LogP contribution in [0.1, 0.15) is 0 Å². The van der Waals surface area contributed by atoms with E-state index < -0.39 is 21.5 Å². The molecule has 0 atom stereocenters. The molecule has 1 N–H and O–H groups in total. The molecule has 0 aliphatic rings. The number of hydrogen-bond donors (Lipinski definition) is 1. The zero-order chi connectivity index (χ0) is 10.2. The third-order valence-corrected chi connectivity index (χ3v) is 1.80. The Morgan fingerprint density at radius 1 is 1.23 bits per heavy atom. The van der Waals surface area contributed by atoms with E-state index in [0.29, 0.717) is 0 Å². The summed E-state index contributed by atoms with van der Waals surface area (Å²) in [5.41, 5.74) is 0. The first-order valence-electron chi connectivity index (χ1n) is 2.34. The Bertz CT molecular complexity index is 263. The van der Waals surface area contributed by atoms with E-state index in [1.165, 1.54) is 0 Å². The van der Waals surface area contributed by atoms with E-state index in [9.17, 15) is 26.0 Å². The summed E-state index contributed by atoms with van der Waals surface area (Å²) >= 11 is 0. The SMILES string of the molecule is COC(F)(F)C(F)(F)S(=O)(=O)O.[LiH]. The van der Waals surface area contributed by atoms with Crippen LogP contribution in [0, 0.1) is 0 Å². The van der Waals surface area contributed by atoms with Crippen molar-refractivity contribution < 1.29 is 35.3 Å². The summed E-state index contributed by atoms with van der Waals surface area (Å²) in [6, 6.07) is 0. The molecule has 0 radical (unpaired) electrons. The summed E-state index contributed by atoms with van der Waals surface area (Å²) in [6.07, 6.45) is -5.25. The Balaban J connectivity index is 0. The molecule has 0 aliphatic heterocycles. The molecule has 0 aromatic heterocycles. The molecule has 0 aromatic carbocycles. The van der Waals surface area contributed by atoms with Gasteiger partial charge in [0.15, 0.2) is 0 Å². The van der Waals surface area contributed by atoms with Gasteiger partial charge in [0.25, 0.3) is 0 Å². The first-order chi connectivity index (χ1) is 5.06. The molecule has 0 saturated carbocycles. The molecule has 0 amide bonds. The van der Waals surface area contributed by atoms with Crippen LogP contribution in [0.3, 0.4) is 0 Å². The Hall–Kier alpha value is 0.187. The fourth-order valence-electron chi connectivity index (χ4n) is 0.269. The molecule has 0 spiro atoms. The number of ether oxygens (including phenoxy) is 1. The van der Waals surface area contributed by atoms with Gasteiger partial charge in [0, 0.05) is 7.11 Å². The predicted molar refractivity (Wildman–Crippen MR) is 35.6 cm³/mol. The molecule has 76 valence electrons. The van der Waals surface area contributed by atoms with E-state index in [4.69, 9.17) is 4.55 Å². The quantitative estimate of drug-likeness (QED) is 0.415. The zero-order valence-corrected chi connectivity index (χ0v) is 6.41. The second kappa shape index (κ2) is 4.14. The van der Waals surface area contributed by atoms with Crippen LogP contribution >= 0.6 is 0 Å². The molecule has 4 nitrogen and oxygen atoms in total. The van der Waals surface area contributed by atoms with E-state index in [1.807, 2.05) is 0 Å². The summed E-state index contributed by atoms with van der Waals surface area (Å²) < 4.78 is 77.8. The van der Waals surface area contributed by atoms with Gasteiger partial charge in [-0.1, -0.05) is 0 Å². The predicted octanol–water partition coefficient (Wildman–Crippen LogP) is 0.0577. The fourth-order valence-corrected chi connectivity index (χ4v) is 0.653. The Labute approximate surface area is 83.2 Å². The van der Waals surface area contributed by atoms with E-state index in [-0.39, 0.29) is 26.0 Å². The maximum absolute atomic E-state index is 12.0. The first kappa shape index (κ1) is 15.7. The van der Waals surface area contributed by atoms with E-state index in [2.05, 4.69) is 4.74 Å². The van der Waals surface area contributed by atoms with Gasteiger partial charge in [-0.15, -0.1) is 0 Å². The van der Waals surface area contributed by atoms with Crippen molar-refractivity contribution in [3.8, 4) is 0 Å². The summed E-state index contributed by atoms with van der Waals surface area (Å²) in [6.45, 7) is 0. The Kier molecular flexibility index (Phi) is 4.99. The Morgan fingerprint density at radius 2 is 1.54 bits per heavy atom. The third-order valence-electron chi connectivity index (χ3n) is 0.919. The average Bonchev–Trinajstić information content (AvgIpc) is 1.85. The number of halogens is 4. The van der Waals surface area contributed by atoms with Crippen molar-refractivity contribution in [3.05, 3.63) is 0 Å². The van der Waals surface area contributed by atoms with Gasteiger partial charge in [-0.3, -0.25) is 4.55 Å². The molecule has 0 aromatic rings. The molecule has 0 heterocycles. The van der Waals surface area contributed by atoms with Gasteiger partial charge < -0.3 is 4.74 Å². The van der Waals surface area contributed by atoms with Crippen LogP contribution in [-0.2, 0) is 14.9 Å². The van der Waals surface area contributed by atoms with Crippen LogP contribution in [-0.4, -0.2) is 50.3 Å². The van der Waals surface area contributed by atoms with Gasteiger partial charge >= 0.3 is 40.3 Å². The minimum absolute atomic E-state index is 0. The molecule has 0 rings (SSSR count). The summed E-state index contributed by atoms with van der Waals surface area (Å²) in [7, 11) is -6.00. The van der Waals surface area contributed by atoms with Crippen molar-refractivity contribution in [1.82, 2.24) is 0 Å². The molecule has 0 aliphatic carbocycles. The number of methoxy groups -OCH3 is 1. The Morgan fingerprint density at radius 3 is 1.62 bits per heavy atom. The van der Waals surface area contributed by atoms with E-state index in [1.54, 1.807) is 0 Å². The van der Waals surface area contributed by atoms with Crippen LogP contribution in [0.25, 0.3) is 0 Å². The van der Waals surface area contributed by atoms with Gasteiger partial charge in [0.05, 0.1) is 0 Å². The minimum atomic E-state index is -6.18. The van der Waals surface area contributed by atoms with E-state index in [0.717, 1.165) is 0 Å². The molecule has 0 unspecified atom stereocenters. The summed E-state index contributed by atoms with van der Waals surface area (Å²) in [4.78, 5) is 0. The molecule has 10 heteroatoms. The fraction of sp³-hybridized carbons (Fsp3) is 1.00. The van der Waals surface area contributed by atoms with Gasteiger partial charge in [0.1, 0.15) is 0 Å². The number of hydrogen-bond acceptors (Lipinski definition) is 3. The molecule has 0 saturated heterocycles. The summed E-state index contributed by atoms with van der Waals surface area (Å²) in [5, 5.41) is -5.64. The van der Waals surface area contributed by atoms with Crippen LogP contribution in [0.2, 0.25) is 0 Å². The summed E-state index contributed by atoms with van der Waals surface area (Å²) in [5.74, 6) is 0. The first-order valence-corrected chi connectivity index (χ1v) is 3.78.